The van der Waals surface area contributed by atoms with Crippen molar-refractivity contribution in [3.8, 4) is 0 Å². The summed E-state index contributed by atoms with van der Waals surface area (Å²) in [5.74, 6) is 0. The second-order valence-corrected chi connectivity index (χ2v) is 5.75. The van der Waals surface area contributed by atoms with Crippen LogP contribution in [-0.2, 0) is 0 Å². The van der Waals surface area contributed by atoms with Crippen molar-refractivity contribution in [1.29, 1.82) is 0 Å². The first-order chi connectivity index (χ1) is 9.49. The van der Waals surface area contributed by atoms with Crippen LogP contribution < -0.4 is 4.90 Å². The Morgan fingerprint density at radius 1 is 1.25 bits per heavy atom. The van der Waals surface area contributed by atoms with Gasteiger partial charge in [-0.25, -0.2) is 0 Å². The number of anilines is 1. The third kappa shape index (κ3) is 3.28. The third-order valence-corrected chi connectivity index (χ3v) is 4.24. The number of hydrogen-bond acceptors (Lipinski definition) is 4. The van der Waals surface area contributed by atoms with Gasteiger partial charge in [-0.3, -0.25) is 10.1 Å². The van der Waals surface area contributed by atoms with Crippen LogP contribution in [0, 0.1) is 10.1 Å². The quantitative estimate of drug-likeness (QED) is 0.627. The smallest absolute Gasteiger partial charge is 0.269 e. The van der Waals surface area contributed by atoms with Gasteiger partial charge in [-0.2, -0.15) is 0 Å². The largest absolute Gasteiger partial charge is 0.372 e. The maximum Gasteiger partial charge on any atom is 0.269 e. The number of nitro groups is 1. The maximum atomic E-state index is 10.7. The molecule has 1 heterocycles. The molecule has 0 bridgehead atoms. The SMILES string of the molecule is CC(C)N1CCC(N(C)c2ccc([N+](=O)[O-])cc2)CC1. The van der Waals surface area contributed by atoms with Gasteiger partial charge < -0.3 is 9.80 Å². The van der Waals surface area contributed by atoms with Gasteiger partial charge in [0.1, 0.15) is 0 Å². The van der Waals surface area contributed by atoms with E-state index < -0.39 is 0 Å². The van der Waals surface area contributed by atoms with Gasteiger partial charge in [-0.05, 0) is 38.8 Å². The molecule has 20 heavy (non-hydrogen) atoms. The Morgan fingerprint density at radius 3 is 2.25 bits per heavy atom. The van der Waals surface area contributed by atoms with Crippen LogP contribution in [0.5, 0.6) is 0 Å². The monoisotopic (exact) mass is 277 g/mol. The van der Waals surface area contributed by atoms with E-state index in [0.717, 1.165) is 31.6 Å². The average molecular weight is 277 g/mol. The fourth-order valence-corrected chi connectivity index (χ4v) is 2.81. The Morgan fingerprint density at radius 2 is 1.80 bits per heavy atom. The number of benzene rings is 1. The summed E-state index contributed by atoms with van der Waals surface area (Å²) in [6.45, 7) is 6.72. The van der Waals surface area contributed by atoms with Crippen LogP contribution in [0.1, 0.15) is 26.7 Å². The predicted molar refractivity (Wildman–Crippen MR) is 81.2 cm³/mol. The van der Waals surface area contributed by atoms with Gasteiger partial charge in [0.15, 0.2) is 0 Å². The zero-order valence-electron chi connectivity index (χ0n) is 12.5. The summed E-state index contributed by atoms with van der Waals surface area (Å²) < 4.78 is 0. The minimum atomic E-state index is -0.356. The summed E-state index contributed by atoms with van der Waals surface area (Å²) in [7, 11) is 2.08. The number of nitro benzene ring substituents is 1. The van der Waals surface area contributed by atoms with Gasteiger partial charge in [-0.15, -0.1) is 0 Å². The lowest BCUT2D eigenvalue weighted by Gasteiger charge is -2.39. The van der Waals surface area contributed by atoms with Gasteiger partial charge in [0.25, 0.3) is 5.69 Å². The minimum absolute atomic E-state index is 0.150. The molecule has 1 aromatic carbocycles. The Balaban J connectivity index is 1.98. The molecule has 2 rings (SSSR count). The number of rotatable bonds is 4. The standard InChI is InChI=1S/C15H23N3O2/c1-12(2)17-10-8-14(9-11-17)16(3)13-4-6-15(7-5-13)18(19)20/h4-7,12,14H,8-11H2,1-3H3. The lowest BCUT2D eigenvalue weighted by molar-refractivity contribution is -0.384. The molecule has 0 radical (unpaired) electrons. The molecule has 0 aliphatic carbocycles. The summed E-state index contributed by atoms with van der Waals surface area (Å²) in [6.07, 6.45) is 2.29. The maximum absolute atomic E-state index is 10.7. The fourth-order valence-electron chi connectivity index (χ4n) is 2.81. The highest BCUT2D eigenvalue weighted by Gasteiger charge is 2.24. The molecule has 0 aromatic heterocycles. The zero-order chi connectivity index (χ0) is 14.7. The normalized spacial score (nSPS) is 17.4. The fraction of sp³-hybridized carbons (Fsp3) is 0.600. The van der Waals surface area contributed by atoms with Crippen molar-refractivity contribution < 1.29 is 4.92 Å². The highest BCUT2D eigenvalue weighted by atomic mass is 16.6. The summed E-state index contributed by atoms with van der Waals surface area (Å²) in [6, 6.07) is 7.97. The van der Waals surface area contributed by atoms with Gasteiger partial charge in [0.05, 0.1) is 4.92 Å². The van der Waals surface area contributed by atoms with Gasteiger partial charge in [0.2, 0.25) is 0 Å². The van der Waals surface area contributed by atoms with Crippen LogP contribution in [0.3, 0.4) is 0 Å². The molecule has 0 saturated carbocycles. The Labute approximate surface area is 120 Å². The summed E-state index contributed by atoms with van der Waals surface area (Å²) in [5, 5.41) is 10.7. The van der Waals surface area contributed by atoms with Crippen molar-refractivity contribution in [1.82, 2.24) is 4.90 Å². The molecule has 0 unspecified atom stereocenters. The minimum Gasteiger partial charge on any atom is -0.372 e. The highest BCUT2D eigenvalue weighted by molar-refractivity contribution is 5.51. The second-order valence-electron chi connectivity index (χ2n) is 5.75. The summed E-state index contributed by atoms with van der Waals surface area (Å²) >= 11 is 0. The molecule has 0 N–H and O–H groups in total. The molecular weight excluding hydrogens is 254 g/mol. The van der Waals surface area contributed by atoms with Crippen molar-refractivity contribution in [2.45, 2.75) is 38.8 Å². The molecule has 1 aliphatic heterocycles. The van der Waals surface area contributed by atoms with E-state index in [9.17, 15) is 10.1 Å². The van der Waals surface area contributed by atoms with Gasteiger partial charge in [0, 0.05) is 50.0 Å². The number of nitrogens with zero attached hydrogens (tertiary/aromatic N) is 3. The number of non-ortho nitro benzene ring substituents is 1. The van der Waals surface area contributed by atoms with E-state index in [1.807, 2.05) is 12.1 Å². The first-order valence-electron chi connectivity index (χ1n) is 7.20. The van der Waals surface area contributed by atoms with Crippen LogP contribution in [-0.4, -0.2) is 42.0 Å². The van der Waals surface area contributed by atoms with Gasteiger partial charge >= 0.3 is 0 Å². The van der Waals surface area contributed by atoms with E-state index in [1.54, 1.807) is 12.1 Å². The van der Waals surface area contributed by atoms with E-state index in [4.69, 9.17) is 0 Å². The first kappa shape index (κ1) is 14.8. The van der Waals surface area contributed by atoms with Crippen LogP contribution in [0.15, 0.2) is 24.3 Å². The van der Waals surface area contributed by atoms with Crippen LogP contribution in [0.25, 0.3) is 0 Å². The van der Waals surface area contributed by atoms with Crippen molar-refractivity contribution in [2.24, 2.45) is 0 Å². The van der Waals surface area contributed by atoms with Crippen LogP contribution in [0.4, 0.5) is 11.4 Å². The first-order valence-corrected chi connectivity index (χ1v) is 7.20. The van der Waals surface area contributed by atoms with E-state index in [0.29, 0.717) is 12.1 Å². The molecule has 110 valence electrons. The van der Waals surface area contributed by atoms with E-state index >= 15 is 0 Å². The van der Waals surface area contributed by atoms with E-state index in [-0.39, 0.29) is 10.6 Å². The lowest BCUT2D eigenvalue weighted by atomic mass is 10.0. The zero-order valence-corrected chi connectivity index (χ0v) is 12.5. The molecule has 5 heteroatoms. The lowest BCUT2D eigenvalue weighted by Crippen LogP contribution is -2.45. The molecular formula is C15H23N3O2. The number of likely N-dealkylation sites (tertiary alicyclic amines) is 1. The number of hydrogen-bond donors (Lipinski definition) is 0. The van der Waals surface area contributed by atoms with Crippen LogP contribution >= 0.6 is 0 Å². The summed E-state index contributed by atoms with van der Waals surface area (Å²) in [5.41, 5.74) is 1.20. The molecule has 5 nitrogen and oxygen atoms in total. The molecule has 1 aromatic rings. The van der Waals surface area contributed by atoms with E-state index in [2.05, 4.69) is 30.7 Å². The van der Waals surface area contributed by atoms with Crippen molar-refractivity contribution >= 4 is 11.4 Å². The Kier molecular flexibility index (Phi) is 4.60. The predicted octanol–water partition coefficient (Wildman–Crippen LogP) is 2.90. The van der Waals surface area contributed by atoms with E-state index in [1.165, 1.54) is 0 Å². The highest BCUT2D eigenvalue weighted by Crippen LogP contribution is 2.24. The molecule has 1 fully saturated rings. The van der Waals surface area contributed by atoms with Crippen LogP contribution in [0.2, 0.25) is 0 Å². The third-order valence-electron chi connectivity index (χ3n) is 4.24. The molecule has 1 aliphatic rings. The Bertz CT molecular complexity index is 451. The molecule has 1 saturated heterocycles. The topological polar surface area (TPSA) is 49.6 Å². The molecule has 0 amide bonds. The number of piperidine rings is 1. The summed E-state index contributed by atoms with van der Waals surface area (Å²) in [4.78, 5) is 15.1. The van der Waals surface area contributed by atoms with Crippen molar-refractivity contribution in [3.63, 3.8) is 0 Å². The molecule has 0 spiro atoms. The van der Waals surface area contributed by atoms with Crippen molar-refractivity contribution in [2.75, 3.05) is 25.0 Å². The second kappa shape index (κ2) is 6.22. The Hall–Kier alpha value is -1.62. The average Bonchev–Trinajstić information content (AvgIpc) is 2.46. The molecule has 0 atom stereocenters. The van der Waals surface area contributed by atoms with Crippen molar-refractivity contribution in [3.05, 3.63) is 34.4 Å². The van der Waals surface area contributed by atoms with Gasteiger partial charge in [-0.1, -0.05) is 0 Å².